The molecule has 0 bridgehead atoms. The Morgan fingerprint density at radius 2 is 2.14 bits per heavy atom. The predicted octanol–water partition coefficient (Wildman–Crippen LogP) is 0.614. The van der Waals surface area contributed by atoms with Gasteiger partial charge in [0, 0.05) is 12.6 Å². The van der Waals surface area contributed by atoms with Crippen LogP contribution in [0.4, 0.5) is 0 Å². The second-order valence-corrected chi connectivity index (χ2v) is 3.07. The van der Waals surface area contributed by atoms with Crippen LogP contribution in [0.25, 0.3) is 0 Å². The van der Waals surface area contributed by atoms with Crippen molar-refractivity contribution in [1.29, 1.82) is 0 Å². The summed E-state index contributed by atoms with van der Waals surface area (Å²) in [6, 6.07) is 0. The lowest BCUT2D eigenvalue weighted by atomic mass is 10.1. The van der Waals surface area contributed by atoms with Gasteiger partial charge in [-0.05, 0) is 6.42 Å². The van der Waals surface area contributed by atoms with Crippen molar-refractivity contribution in [3.63, 3.8) is 0 Å². The largest absolute Gasteiger partial charge is 0.506 e. The van der Waals surface area contributed by atoms with Crippen molar-refractivity contribution in [1.82, 2.24) is 4.98 Å². The number of fused-ring (bicyclic) bond motifs is 1. The van der Waals surface area contributed by atoms with E-state index in [0.29, 0.717) is 18.5 Å². The summed E-state index contributed by atoms with van der Waals surface area (Å²) >= 11 is 0. The Morgan fingerprint density at radius 1 is 1.43 bits per heavy atom. The zero-order valence-electron chi connectivity index (χ0n) is 7.15. The lowest BCUT2D eigenvalue weighted by Crippen LogP contribution is -2.03. The van der Waals surface area contributed by atoms with Crippen LogP contribution in [-0.2, 0) is 6.42 Å². The maximum absolute atomic E-state index is 11.3. The van der Waals surface area contributed by atoms with Crippen molar-refractivity contribution in [3.8, 4) is 5.75 Å². The van der Waals surface area contributed by atoms with E-state index in [1.165, 1.54) is 0 Å². The first-order valence-corrected chi connectivity index (χ1v) is 4.08. The van der Waals surface area contributed by atoms with E-state index >= 15 is 0 Å². The fourth-order valence-corrected chi connectivity index (χ4v) is 1.54. The van der Waals surface area contributed by atoms with Gasteiger partial charge in [-0.2, -0.15) is 0 Å². The highest BCUT2D eigenvalue weighted by Crippen LogP contribution is 2.30. The molecule has 1 heterocycles. The van der Waals surface area contributed by atoms with Gasteiger partial charge in [0.1, 0.15) is 11.3 Å². The van der Waals surface area contributed by atoms with Gasteiger partial charge < -0.3 is 10.2 Å². The van der Waals surface area contributed by atoms with Gasteiger partial charge in [0.2, 0.25) is 0 Å². The van der Waals surface area contributed by atoms with E-state index in [2.05, 4.69) is 4.98 Å². The second-order valence-electron chi connectivity index (χ2n) is 3.07. The summed E-state index contributed by atoms with van der Waals surface area (Å²) in [7, 11) is 0. The van der Waals surface area contributed by atoms with Crippen molar-refractivity contribution < 1.29 is 19.8 Å². The van der Waals surface area contributed by atoms with E-state index in [0.717, 1.165) is 6.20 Å². The number of rotatable bonds is 1. The number of pyridine rings is 1. The molecule has 1 aliphatic carbocycles. The molecule has 0 spiro atoms. The number of aryl methyl sites for hydroxylation is 1. The molecule has 2 rings (SSSR count). The molecule has 5 heteroatoms. The van der Waals surface area contributed by atoms with Gasteiger partial charge >= 0.3 is 5.97 Å². The quantitative estimate of drug-likeness (QED) is 0.682. The van der Waals surface area contributed by atoms with Crippen LogP contribution in [0, 0.1) is 0 Å². The number of aromatic nitrogens is 1. The van der Waals surface area contributed by atoms with Crippen molar-refractivity contribution in [2.24, 2.45) is 0 Å². The van der Waals surface area contributed by atoms with Crippen LogP contribution in [0.1, 0.15) is 32.8 Å². The molecule has 1 aromatic rings. The van der Waals surface area contributed by atoms with E-state index < -0.39 is 11.7 Å². The number of carboxylic acids is 1. The van der Waals surface area contributed by atoms with E-state index in [9.17, 15) is 14.7 Å². The molecule has 1 aromatic heterocycles. The molecule has 0 aromatic carbocycles. The molecule has 0 radical (unpaired) electrons. The molecule has 0 amide bonds. The number of nitrogens with zero attached hydrogens (tertiary/aromatic N) is 1. The van der Waals surface area contributed by atoms with Crippen LogP contribution in [0.3, 0.4) is 0 Å². The van der Waals surface area contributed by atoms with Crippen LogP contribution in [0.5, 0.6) is 5.75 Å². The average Bonchev–Trinajstić information content (AvgIpc) is 2.48. The topological polar surface area (TPSA) is 87.5 Å². The Bertz CT molecular complexity index is 439. The van der Waals surface area contributed by atoms with Crippen molar-refractivity contribution in [2.75, 3.05) is 0 Å². The van der Waals surface area contributed by atoms with Crippen LogP contribution in [0.15, 0.2) is 6.20 Å². The van der Waals surface area contributed by atoms with Crippen LogP contribution < -0.4 is 0 Å². The summed E-state index contributed by atoms with van der Waals surface area (Å²) < 4.78 is 0. The maximum Gasteiger partial charge on any atom is 0.341 e. The summed E-state index contributed by atoms with van der Waals surface area (Å²) in [6.45, 7) is 0. The molecule has 0 saturated carbocycles. The number of hydrogen-bond acceptors (Lipinski definition) is 4. The molecule has 0 atom stereocenters. The molecule has 0 aliphatic heterocycles. The highest BCUT2D eigenvalue weighted by Gasteiger charge is 2.27. The Balaban J connectivity index is 2.67. The van der Waals surface area contributed by atoms with Crippen molar-refractivity contribution >= 4 is 11.8 Å². The van der Waals surface area contributed by atoms with E-state index in [4.69, 9.17) is 5.11 Å². The first-order chi connectivity index (χ1) is 6.61. The first-order valence-electron chi connectivity index (χ1n) is 4.08. The Morgan fingerprint density at radius 3 is 2.79 bits per heavy atom. The lowest BCUT2D eigenvalue weighted by Gasteiger charge is -2.03. The fourth-order valence-electron chi connectivity index (χ4n) is 1.54. The number of aromatic carboxylic acids is 1. The third-order valence-electron chi connectivity index (χ3n) is 2.23. The van der Waals surface area contributed by atoms with Gasteiger partial charge in [0.15, 0.2) is 5.78 Å². The van der Waals surface area contributed by atoms with Crippen LogP contribution >= 0.6 is 0 Å². The summed E-state index contributed by atoms with van der Waals surface area (Å²) in [5.74, 6) is -1.98. The number of hydrogen-bond donors (Lipinski definition) is 2. The predicted molar refractivity (Wildman–Crippen MR) is 45.5 cm³/mol. The van der Waals surface area contributed by atoms with Gasteiger partial charge in [-0.25, -0.2) is 4.79 Å². The lowest BCUT2D eigenvalue weighted by molar-refractivity contribution is 0.0693. The smallest absolute Gasteiger partial charge is 0.341 e. The highest BCUT2D eigenvalue weighted by atomic mass is 16.4. The standard InChI is InChI=1S/C9H7NO4/c11-6-2-1-5-7(6)8(12)4(3-10-5)9(13)14/h3H,1-2H2,(H,10,12)(H,13,14). The molecule has 72 valence electrons. The van der Waals surface area contributed by atoms with E-state index in [1.54, 1.807) is 0 Å². The Kier molecular flexibility index (Phi) is 1.73. The number of carboxylic acid groups (broad SMARTS) is 1. The molecule has 5 nitrogen and oxygen atoms in total. The third kappa shape index (κ3) is 1.06. The minimum Gasteiger partial charge on any atom is -0.506 e. The molecule has 0 fully saturated rings. The van der Waals surface area contributed by atoms with Crippen molar-refractivity contribution in [2.45, 2.75) is 12.8 Å². The monoisotopic (exact) mass is 193 g/mol. The summed E-state index contributed by atoms with van der Waals surface area (Å²) in [4.78, 5) is 25.7. The highest BCUT2D eigenvalue weighted by molar-refractivity contribution is 6.05. The Hall–Kier alpha value is -1.91. The number of ketones is 1. The summed E-state index contributed by atoms with van der Waals surface area (Å²) in [6.07, 6.45) is 1.84. The van der Waals surface area contributed by atoms with Gasteiger partial charge in [-0.15, -0.1) is 0 Å². The third-order valence-corrected chi connectivity index (χ3v) is 2.23. The van der Waals surface area contributed by atoms with Gasteiger partial charge in [-0.1, -0.05) is 0 Å². The zero-order chi connectivity index (χ0) is 10.3. The summed E-state index contributed by atoms with van der Waals surface area (Å²) in [5.41, 5.74) is 0.237. The molecular formula is C9H7NO4. The maximum atomic E-state index is 11.3. The SMILES string of the molecule is O=C(O)c1cnc2c(c1O)C(=O)CC2. The number of Topliss-reactive ketones (excluding diaryl/α,β-unsaturated/α-hetero) is 1. The number of aromatic hydroxyl groups is 1. The average molecular weight is 193 g/mol. The number of carbonyl (C=O) groups is 2. The van der Waals surface area contributed by atoms with Crippen LogP contribution in [-0.4, -0.2) is 26.9 Å². The zero-order valence-corrected chi connectivity index (χ0v) is 7.15. The molecule has 0 saturated heterocycles. The van der Waals surface area contributed by atoms with Gasteiger partial charge in [0.05, 0.1) is 11.3 Å². The van der Waals surface area contributed by atoms with E-state index in [1.807, 2.05) is 0 Å². The molecule has 0 unspecified atom stereocenters. The Labute approximate surface area is 79.0 Å². The van der Waals surface area contributed by atoms with Crippen molar-refractivity contribution in [3.05, 3.63) is 23.0 Å². The first kappa shape index (κ1) is 8.68. The minimum atomic E-state index is -1.28. The van der Waals surface area contributed by atoms with Gasteiger partial charge in [-0.3, -0.25) is 9.78 Å². The van der Waals surface area contributed by atoms with E-state index in [-0.39, 0.29) is 16.9 Å². The molecule has 14 heavy (non-hydrogen) atoms. The molecule has 2 N–H and O–H groups in total. The minimum absolute atomic E-state index is 0.0740. The summed E-state index contributed by atoms with van der Waals surface area (Å²) in [5, 5.41) is 18.2. The van der Waals surface area contributed by atoms with Crippen LogP contribution in [0.2, 0.25) is 0 Å². The number of carbonyl (C=O) groups excluding carboxylic acids is 1. The fraction of sp³-hybridized carbons (Fsp3) is 0.222. The molecular weight excluding hydrogens is 186 g/mol. The second kappa shape index (κ2) is 2.80. The molecule has 1 aliphatic rings. The normalized spacial score (nSPS) is 14.1. The van der Waals surface area contributed by atoms with Gasteiger partial charge in [0.25, 0.3) is 0 Å².